The number of rotatable bonds is 2. The predicted molar refractivity (Wildman–Crippen MR) is 59.5 cm³/mol. The average Bonchev–Trinajstić information content (AvgIpc) is 2.29. The molecular weight excluding hydrogens is 186 g/mol. The van der Waals surface area contributed by atoms with Gasteiger partial charge >= 0.3 is 0 Å². The molecule has 2 aromatic carbocycles. The van der Waals surface area contributed by atoms with Crippen molar-refractivity contribution < 1.29 is 5.11 Å². The van der Waals surface area contributed by atoms with E-state index in [2.05, 4.69) is 6.07 Å². The molecule has 0 aliphatic carbocycles. The van der Waals surface area contributed by atoms with E-state index in [1.165, 1.54) is 0 Å². The van der Waals surface area contributed by atoms with Crippen LogP contribution in [0.15, 0.2) is 36.4 Å². The van der Waals surface area contributed by atoms with Gasteiger partial charge < -0.3 is 5.11 Å². The first-order valence-electron chi connectivity index (χ1n) is 4.88. The fourth-order valence-electron chi connectivity index (χ4n) is 1.78. The monoisotopic (exact) mass is 197 g/mol. The minimum absolute atomic E-state index is 0.0764. The molecule has 15 heavy (non-hydrogen) atoms. The highest BCUT2D eigenvalue weighted by atomic mass is 16.2. The van der Waals surface area contributed by atoms with Gasteiger partial charge in [-0.3, -0.25) is 0 Å². The minimum atomic E-state index is 0.0764. The summed E-state index contributed by atoms with van der Waals surface area (Å²) < 4.78 is 0. The molecule has 0 spiro atoms. The Morgan fingerprint density at radius 2 is 1.93 bits per heavy atom. The largest absolute Gasteiger partial charge is 0.396 e. The van der Waals surface area contributed by atoms with Crippen molar-refractivity contribution in [3.8, 4) is 6.07 Å². The zero-order valence-electron chi connectivity index (χ0n) is 8.27. The molecule has 2 rings (SSSR count). The van der Waals surface area contributed by atoms with Gasteiger partial charge in [-0.1, -0.05) is 36.4 Å². The zero-order valence-corrected chi connectivity index (χ0v) is 8.27. The van der Waals surface area contributed by atoms with Gasteiger partial charge in [-0.05, 0) is 22.8 Å². The second kappa shape index (κ2) is 4.12. The minimum Gasteiger partial charge on any atom is -0.396 e. The molecule has 0 aliphatic rings. The van der Waals surface area contributed by atoms with Crippen LogP contribution in [0.25, 0.3) is 10.8 Å². The van der Waals surface area contributed by atoms with Gasteiger partial charge in [-0.25, -0.2) is 0 Å². The Balaban J connectivity index is 2.71. The second-order valence-corrected chi connectivity index (χ2v) is 3.41. The smallest absolute Gasteiger partial charge is 0.100 e. The summed E-state index contributed by atoms with van der Waals surface area (Å²) in [6, 6.07) is 13.9. The molecular formula is C13H11NO. The summed E-state index contributed by atoms with van der Waals surface area (Å²) in [4.78, 5) is 0. The SMILES string of the molecule is N#Cc1c(CCO)ccc2ccccc12. The topological polar surface area (TPSA) is 44.0 Å². The van der Waals surface area contributed by atoms with Crippen LogP contribution in [0.4, 0.5) is 0 Å². The van der Waals surface area contributed by atoms with E-state index in [9.17, 15) is 0 Å². The molecule has 0 saturated carbocycles. The first-order valence-corrected chi connectivity index (χ1v) is 4.88. The van der Waals surface area contributed by atoms with E-state index >= 15 is 0 Å². The summed E-state index contributed by atoms with van der Waals surface area (Å²) in [5.74, 6) is 0. The van der Waals surface area contributed by atoms with Crippen LogP contribution >= 0.6 is 0 Å². The van der Waals surface area contributed by atoms with E-state index in [1.807, 2.05) is 36.4 Å². The van der Waals surface area contributed by atoms with Crippen molar-refractivity contribution in [3.63, 3.8) is 0 Å². The molecule has 0 radical (unpaired) electrons. The fourth-order valence-corrected chi connectivity index (χ4v) is 1.78. The number of hydrogen-bond donors (Lipinski definition) is 1. The van der Waals surface area contributed by atoms with Crippen LogP contribution in [0, 0.1) is 11.3 Å². The highest BCUT2D eigenvalue weighted by molar-refractivity contribution is 5.89. The fraction of sp³-hybridized carbons (Fsp3) is 0.154. The van der Waals surface area contributed by atoms with E-state index < -0.39 is 0 Å². The highest BCUT2D eigenvalue weighted by Crippen LogP contribution is 2.21. The summed E-state index contributed by atoms with van der Waals surface area (Å²) in [6.07, 6.45) is 0.535. The maximum atomic E-state index is 9.11. The van der Waals surface area contributed by atoms with Gasteiger partial charge in [0, 0.05) is 6.61 Å². The standard InChI is InChI=1S/C13H11NO/c14-9-13-11(7-8-15)6-5-10-3-1-2-4-12(10)13/h1-6,15H,7-8H2. The van der Waals surface area contributed by atoms with Crippen molar-refractivity contribution in [2.75, 3.05) is 6.61 Å². The number of fused-ring (bicyclic) bond motifs is 1. The average molecular weight is 197 g/mol. The number of aliphatic hydroxyl groups excluding tert-OH is 1. The Morgan fingerprint density at radius 1 is 1.13 bits per heavy atom. The lowest BCUT2D eigenvalue weighted by molar-refractivity contribution is 0.299. The molecule has 0 unspecified atom stereocenters. The quantitative estimate of drug-likeness (QED) is 0.802. The second-order valence-electron chi connectivity index (χ2n) is 3.41. The lowest BCUT2D eigenvalue weighted by Crippen LogP contribution is -1.95. The van der Waals surface area contributed by atoms with Gasteiger partial charge in [0.25, 0.3) is 0 Å². The molecule has 0 amide bonds. The van der Waals surface area contributed by atoms with E-state index in [0.717, 1.165) is 16.3 Å². The molecule has 0 fully saturated rings. The summed E-state index contributed by atoms with van der Waals surface area (Å²) in [6.45, 7) is 0.0764. The highest BCUT2D eigenvalue weighted by Gasteiger charge is 2.05. The van der Waals surface area contributed by atoms with Gasteiger partial charge in [0.1, 0.15) is 6.07 Å². The molecule has 74 valence electrons. The Hall–Kier alpha value is -1.85. The summed E-state index contributed by atoms with van der Waals surface area (Å²) in [5.41, 5.74) is 1.60. The summed E-state index contributed by atoms with van der Waals surface area (Å²) in [7, 11) is 0. The molecule has 2 aromatic rings. The summed E-state index contributed by atoms with van der Waals surface area (Å²) >= 11 is 0. The normalized spacial score (nSPS) is 10.1. The molecule has 0 atom stereocenters. The third-order valence-corrected chi connectivity index (χ3v) is 2.51. The summed E-state index contributed by atoms with van der Waals surface area (Å²) in [5, 5.41) is 20.0. The first-order chi connectivity index (χ1) is 7.36. The molecule has 1 N–H and O–H groups in total. The van der Waals surface area contributed by atoms with Crippen molar-refractivity contribution >= 4 is 10.8 Å². The van der Waals surface area contributed by atoms with Gasteiger partial charge in [0.2, 0.25) is 0 Å². The van der Waals surface area contributed by atoms with Crippen LogP contribution < -0.4 is 0 Å². The third-order valence-electron chi connectivity index (χ3n) is 2.51. The van der Waals surface area contributed by atoms with Crippen LogP contribution in [-0.2, 0) is 6.42 Å². The lowest BCUT2D eigenvalue weighted by atomic mass is 9.98. The first kappa shape index (κ1) is 9.70. The van der Waals surface area contributed by atoms with Gasteiger partial charge in [-0.15, -0.1) is 0 Å². The Labute approximate surface area is 88.4 Å². The number of nitrogens with zero attached hydrogens (tertiary/aromatic N) is 1. The number of benzene rings is 2. The van der Waals surface area contributed by atoms with Gasteiger partial charge in [-0.2, -0.15) is 5.26 Å². The van der Waals surface area contributed by atoms with Gasteiger partial charge in [0.15, 0.2) is 0 Å². The predicted octanol–water partition coefficient (Wildman–Crippen LogP) is 2.25. The Bertz CT molecular complexity index is 526. The number of nitriles is 1. The molecule has 0 aromatic heterocycles. The molecule has 0 saturated heterocycles. The van der Waals surface area contributed by atoms with Crippen LogP contribution in [-0.4, -0.2) is 11.7 Å². The van der Waals surface area contributed by atoms with E-state index in [4.69, 9.17) is 10.4 Å². The van der Waals surface area contributed by atoms with Gasteiger partial charge in [0.05, 0.1) is 5.56 Å². The van der Waals surface area contributed by atoms with Crippen molar-refractivity contribution in [1.29, 1.82) is 5.26 Å². The molecule has 2 nitrogen and oxygen atoms in total. The van der Waals surface area contributed by atoms with Crippen LogP contribution in [0.1, 0.15) is 11.1 Å². The van der Waals surface area contributed by atoms with E-state index in [-0.39, 0.29) is 6.61 Å². The van der Waals surface area contributed by atoms with Crippen molar-refractivity contribution in [2.24, 2.45) is 0 Å². The maximum Gasteiger partial charge on any atom is 0.100 e. The maximum absolute atomic E-state index is 9.11. The van der Waals surface area contributed by atoms with E-state index in [0.29, 0.717) is 12.0 Å². The molecule has 0 heterocycles. The number of aliphatic hydroxyl groups is 1. The Kier molecular flexibility index (Phi) is 2.66. The van der Waals surface area contributed by atoms with Crippen molar-refractivity contribution in [3.05, 3.63) is 47.5 Å². The molecule has 0 aliphatic heterocycles. The van der Waals surface area contributed by atoms with E-state index in [1.54, 1.807) is 0 Å². The van der Waals surface area contributed by atoms with Crippen LogP contribution in [0.5, 0.6) is 0 Å². The zero-order chi connectivity index (χ0) is 10.7. The Morgan fingerprint density at radius 3 is 2.67 bits per heavy atom. The lowest BCUT2D eigenvalue weighted by Gasteiger charge is -2.05. The van der Waals surface area contributed by atoms with Crippen molar-refractivity contribution in [1.82, 2.24) is 0 Å². The van der Waals surface area contributed by atoms with Crippen LogP contribution in [0.3, 0.4) is 0 Å². The molecule has 2 heteroatoms. The number of hydrogen-bond acceptors (Lipinski definition) is 2. The van der Waals surface area contributed by atoms with Crippen molar-refractivity contribution in [2.45, 2.75) is 6.42 Å². The van der Waals surface area contributed by atoms with Crippen LogP contribution in [0.2, 0.25) is 0 Å². The third kappa shape index (κ3) is 1.70. The molecule has 0 bridgehead atoms.